The van der Waals surface area contributed by atoms with Crippen LogP contribution in [0.3, 0.4) is 0 Å². The Kier molecular flexibility index (Phi) is 4.33. The predicted molar refractivity (Wildman–Crippen MR) is 78.3 cm³/mol. The van der Waals surface area contributed by atoms with Crippen molar-refractivity contribution in [2.45, 2.75) is 26.0 Å². The van der Waals surface area contributed by atoms with Gasteiger partial charge in [0.05, 0.1) is 18.5 Å². The minimum Gasteiger partial charge on any atom is -0.290 e. The smallest absolute Gasteiger partial charge is 0.266 e. The third-order valence-corrected chi connectivity index (χ3v) is 3.77. The molecule has 0 spiro atoms. The summed E-state index contributed by atoms with van der Waals surface area (Å²) < 4.78 is 28.3. The number of benzene rings is 1. The molecule has 6 nitrogen and oxygen atoms in total. The highest BCUT2D eigenvalue weighted by atomic mass is 32.2. The second-order valence-electron chi connectivity index (χ2n) is 5.14. The van der Waals surface area contributed by atoms with E-state index in [0.29, 0.717) is 13.1 Å². The van der Waals surface area contributed by atoms with Crippen LogP contribution in [0, 0.1) is 0 Å². The molecule has 2 rings (SSSR count). The van der Waals surface area contributed by atoms with E-state index < -0.39 is 15.8 Å². The molecule has 1 unspecified atom stereocenters. The minimum absolute atomic E-state index is 0.421. The van der Waals surface area contributed by atoms with Gasteiger partial charge in [0.15, 0.2) is 5.72 Å². The SMILES string of the molecule is CCCN1NN(c2ccccc2)CC1(C)OS(C)(=O)=O. The number of rotatable bonds is 5. The fraction of sp³-hybridized carbons (Fsp3) is 0.538. The standard InChI is InChI=1S/C13H21N3O3S/c1-4-10-16-13(2,19-20(3,17)18)11-15(14-16)12-8-6-5-7-9-12/h5-9,14H,4,10-11H2,1-3H3. The van der Waals surface area contributed by atoms with Crippen molar-refractivity contribution in [2.24, 2.45) is 0 Å². The molecule has 112 valence electrons. The first-order valence-corrected chi connectivity index (χ1v) is 8.43. The van der Waals surface area contributed by atoms with Crippen molar-refractivity contribution in [3.8, 4) is 0 Å². The van der Waals surface area contributed by atoms with Crippen molar-refractivity contribution < 1.29 is 12.6 Å². The zero-order valence-corrected chi connectivity index (χ0v) is 12.9. The van der Waals surface area contributed by atoms with E-state index in [1.807, 2.05) is 47.3 Å². The van der Waals surface area contributed by atoms with Gasteiger partial charge in [-0.1, -0.05) is 25.1 Å². The van der Waals surface area contributed by atoms with Crippen molar-refractivity contribution >= 4 is 15.8 Å². The zero-order valence-electron chi connectivity index (χ0n) is 12.0. The third kappa shape index (κ3) is 3.49. The van der Waals surface area contributed by atoms with Gasteiger partial charge in [-0.15, -0.1) is 0 Å². The van der Waals surface area contributed by atoms with E-state index in [2.05, 4.69) is 5.53 Å². The Balaban J connectivity index is 2.23. The van der Waals surface area contributed by atoms with Crippen LogP contribution in [0.2, 0.25) is 0 Å². The van der Waals surface area contributed by atoms with E-state index >= 15 is 0 Å². The van der Waals surface area contributed by atoms with E-state index in [9.17, 15) is 8.42 Å². The summed E-state index contributed by atoms with van der Waals surface area (Å²) in [4.78, 5) is 0. The average Bonchev–Trinajstić information content (AvgIpc) is 2.66. The van der Waals surface area contributed by atoms with Gasteiger partial charge >= 0.3 is 0 Å². The van der Waals surface area contributed by atoms with Gasteiger partial charge in [0.2, 0.25) is 0 Å². The highest BCUT2D eigenvalue weighted by Gasteiger charge is 2.44. The van der Waals surface area contributed by atoms with E-state index in [-0.39, 0.29) is 0 Å². The second-order valence-corrected chi connectivity index (χ2v) is 6.71. The van der Waals surface area contributed by atoms with E-state index in [0.717, 1.165) is 18.4 Å². The maximum atomic E-state index is 11.5. The second kappa shape index (κ2) is 5.69. The number of nitrogens with zero attached hydrogens (tertiary/aromatic N) is 2. The van der Waals surface area contributed by atoms with Crippen LogP contribution in [0.5, 0.6) is 0 Å². The number of hydrogen-bond acceptors (Lipinski definition) is 6. The lowest BCUT2D eigenvalue weighted by Gasteiger charge is -2.30. The summed E-state index contributed by atoms with van der Waals surface area (Å²) in [5.41, 5.74) is 3.25. The molecular formula is C13H21N3O3S. The molecule has 1 aromatic carbocycles. The number of hydrogen-bond donors (Lipinski definition) is 1. The van der Waals surface area contributed by atoms with Crippen LogP contribution in [0.25, 0.3) is 0 Å². The first-order valence-electron chi connectivity index (χ1n) is 6.61. The van der Waals surface area contributed by atoms with Crippen LogP contribution < -0.4 is 10.5 Å². The fourth-order valence-electron chi connectivity index (χ4n) is 2.33. The molecule has 1 atom stereocenters. The summed E-state index contributed by atoms with van der Waals surface area (Å²) in [6.07, 6.45) is 1.96. The molecule has 0 saturated carbocycles. The van der Waals surface area contributed by atoms with Gasteiger partial charge in [0.25, 0.3) is 10.1 Å². The van der Waals surface area contributed by atoms with Crippen LogP contribution >= 0.6 is 0 Å². The maximum Gasteiger partial charge on any atom is 0.266 e. The maximum absolute atomic E-state index is 11.5. The average molecular weight is 299 g/mol. The molecule has 1 fully saturated rings. The molecule has 0 amide bonds. The molecule has 0 aliphatic carbocycles. The molecular weight excluding hydrogens is 278 g/mol. The van der Waals surface area contributed by atoms with E-state index in [1.165, 1.54) is 0 Å². The Labute approximate surface area is 120 Å². The van der Waals surface area contributed by atoms with Gasteiger partial charge < -0.3 is 0 Å². The molecule has 1 aliphatic rings. The van der Waals surface area contributed by atoms with E-state index in [4.69, 9.17) is 4.18 Å². The van der Waals surface area contributed by atoms with Gasteiger partial charge in [-0.3, -0.25) is 5.01 Å². The Morgan fingerprint density at radius 2 is 2.00 bits per heavy atom. The van der Waals surface area contributed by atoms with Gasteiger partial charge in [-0.25, -0.2) is 4.18 Å². The molecule has 7 heteroatoms. The number of nitrogens with one attached hydrogen (secondary N) is 1. The third-order valence-electron chi connectivity index (χ3n) is 3.11. The molecule has 0 radical (unpaired) electrons. The molecule has 20 heavy (non-hydrogen) atoms. The van der Waals surface area contributed by atoms with E-state index in [1.54, 1.807) is 6.92 Å². The zero-order chi connectivity index (χ0) is 14.8. The molecule has 0 aromatic heterocycles. The minimum atomic E-state index is -3.53. The van der Waals surface area contributed by atoms with Crippen LogP contribution in [0.4, 0.5) is 5.69 Å². The lowest BCUT2D eigenvalue weighted by Crippen LogP contribution is -2.50. The van der Waals surface area contributed by atoms with Crippen LogP contribution in [0.1, 0.15) is 20.3 Å². The van der Waals surface area contributed by atoms with Crippen LogP contribution in [-0.4, -0.2) is 38.5 Å². The topological polar surface area (TPSA) is 61.9 Å². The summed E-state index contributed by atoms with van der Waals surface area (Å²) in [6, 6.07) is 9.74. The first-order chi connectivity index (χ1) is 9.34. The Bertz CT molecular complexity index is 549. The summed E-state index contributed by atoms with van der Waals surface area (Å²) in [6.45, 7) is 4.92. The molecule has 1 aromatic rings. The Morgan fingerprint density at radius 3 is 2.55 bits per heavy atom. The molecule has 1 aliphatic heterocycles. The molecule has 1 heterocycles. The summed E-state index contributed by atoms with van der Waals surface area (Å²) in [5, 5.41) is 3.71. The first kappa shape index (κ1) is 15.2. The highest BCUT2D eigenvalue weighted by molar-refractivity contribution is 7.86. The molecule has 1 N–H and O–H groups in total. The number of anilines is 1. The summed E-state index contributed by atoms with van der Waals surface area (Å²) in [7, 11) is -3.53. The van der Waals surface area contributed by atoms with Crippen molar-refractivity contribution in [1.29, 1.82) is 0 Å². The number of para-hydroxylation sites is 1. The Morgan fingerprint density at radius 1 is 1.35 bits per heavy atom. The summed E-state index contributed by atoms with van der Waals surface area (Å²) >= 11 is 0. The largest absolute Gasteiger partial charge is 0.290 e. The van der Waals surface area contributed by atoms with Crippen molar-refractivity contribution in [2.75, 3.05) is 24.4 Å². The summed E-state index contributed by atoms with van der Waals surface area (Å²) in [5.74, 6) is 0. The highest BCUT2D eigenvalue weighted by Crippen LogP contribution is 2.28. The lowest BCUT2D eigenvalue weighted by molar-refractivity contribution is -0.0480. The molecule has 0 bridgehead atoms. The van der Waals surface area contributed by atoms with Gasteiger partial charge in [-0.05, 0) is 25.5 Å². The fourth-order valence-corrected chi connectivity index (χ4v) is 3.12. The van der Waals surface area contributed by atoms with Crippen LogP contribution in [-0.2, 0) is 14.3 Å². The monoisotopic (exact) mass is 299 g/mol. The van der Waals surface area contributed by atoms with Crippen molar-refractivity contribution in [3.05, 3.63) is 30.3 Å². The van der Waals surface area contributed by atoms with Crippen molar-refractivity contribution in [3.63, 3.8) is 0 Å². The normalized spacial score (nSPS) is 24.2. The lowest BCUT2D eigenvalue weighted by atomic mass is 10.2. The van der Waals surface area contributed by atoms with Crippen LogP contribution in [0.15, 0.2) is 30.3 Å². The van der Waals surface area contributed by atoms with Gasteiger partial charge in [-0.2, -0.15) is 19.0 Å². The van der Waals surface area contributed by atoms with Gasteiger partial charge in [0, 0.05) is 6.54 Å². The predicted octanol–water partition coefficient (Wildman–Crippen LogP) is 1.33. The van der Waals surface area contributed by atoms with Gasteiger partial charge in [0.1, 0.15) is 0 Å². The molecule has 1 saturated heterocycles. The van der Waals surface area contributed by atoms with Crippen molar-refractivity contribution in [1.82, 2.24) is 10.5 Å². The Hall–Kier alpha value is -1.15. The number of hydrazine groups is 2. The quantitative estimate of drug-likeness (QED) is 0.828.